The lowest BCUT2D eigenvalue weighted by atomic mass is 10.00. The van der Waals surface area contributed by atoms with Gasteiger partial charge >= 0.3 is 0 Å². The summed E-state index contributed by atoms with van der Waals surface area (Å²) in [5, 5.41) is 13.9. The number of nitrogens with one attached hydrogen (secondary N) is 3. The van der Waals surface area contributed by atoms with Crippen LogP contribution in [-0.2, 0) is 0 Å². The van der Waals surface area contributed by atoms with E-state index in [-0.39, 0.29) is 18.3 Å². The van der Waals surface area contributed by atoms with E-state index in [1.54, 1.807) is 0 Å². The highest BCUT2D eigenvalue weighted by Crippen LogP contribution is 2.39. The Balaban J connectivity index is 0.00000121. The number of rotatable bonds is 3. The van der Waals surface area contributed by atoms with E-state index < -0.39 is 0 Å². The van der Waals surface area contributed by atoms with E-state index in [4.69, 9.17) is 0 Å². The molecule has 20 heavy (non-hydrogen) atoms. The van der Waals surface area contributed by atoms with Gasteiger partial charge in [-0.1, -0.05) is 0 Å². The van der Waals surface area contributed by atoms with E-state index in [2.05, 4.69) is 20.8 Å². The third-order valence-corrected chi connectivity index (χ3v) is 4.66. The molecular weight excluding hydrogens is 276 g/mol. The van der Waals surface area contributed by atoms with Gasteiger partial charge in [0.25, 0.3) is 5.91 Å². The third kappa shape index (κ3) is 2.69. The third-order valence-electron chi connectivity index (χ3n) is 4.66. The molecule has 2 bridgehead atoms. The number of halogens is 1. The minimum Gasteiger partial charge on any atom is -0.348 e. The second kappa shape index (κ2) is 5.37. The Morgan fingerprint density at radius 2 is 1.90 bits per heavy atom. The number of amides is 1. The van der Waals surface area contributed by atoms with E-state index in [0.29, 0.717) is 29.7 Å². The molecule has 1 amide bonds. The van der Waals surface area contributed by atoms with Crippen LogP contribution in [0.15, 0.2) is 6.07 Å². The fourth-order valence-electron chi connectivity index (χ4n) is 3.49. The first-order chi connectivity index (χ1) is 9.28. The maximum atomic E-state index is 12.2. The van der Waals surface area contributed by atoms with Crippen LogP contribution in [0.5, 0.6) is 0 Å². The Morgan fingerprint density at radius 3 is 2.55 bits per heavy atom. The Labute approximate surface area is 124 Å². The molecule has 0 spiro atoms. The van der Waals surface area contributed by atoms with Crippen molar-refractivity contribution < 1.29 is 4.79 Å². The Hall–Kier alpha value is -1.07. The molecule has 0 radical (unpaired) electrons. The zero-order chi connectivity index (χ0) is 12.8. The molecule has 1 aliphatic carbocycles. The number of carbonyl (C=O) groups is 1. The molecule has 0 aromatic carbocycles. The molecule has 3 fully saturated rings. The van der Waals surface area contributed by atoms with Crippen molar-refractivity contribution in [1.29, 1.82) is 0 Å². The summed E-state index contributed by atoms with van der Waals surface area (Å²) in [6.45, 7) is 0. The molecule has 110 valence electrons. The number of carbonyl (C=O) groups excluding carboxylic acids is 1. The van der Waals surface area contributed by atoms with E-state index >= 15 is 0 Å². The van der Waals surface area contributed by atoms with Gasteiger partial charge in [0, 0.05) is 29.7 Å². The molecule has 1 aromatic rings. The van der Waals surface area contributed by atoms with E-state index in [0.717, 1.165) is 18.5 Å². The van der Waals surface area contributed by atoms with E-state index in [1.165, 1.54) is 25.7 Å². The largest absolute Gasteiger partial charge is 0.348 e. The van der Waals surface area contributed by atoms with Crippen LogP contribution in [0.2, 0.25) is 0 Å². The molecule has 2 aliphatic heterocycles. The summed E-state index contributed by atoms with van der Waals surface area (Å²) in [7, 11) is 0. The van der Waals surface area contributed by atoms with Crippen molar-refractivity contribution >= 4 is 18.3 Å². The average Bonchev–Trinajstić information content (AvgIpc) is 3.03. The van der Waals surface area contributed by atoms with Gasteiger partial charge < -0.3 is 10.6 Å². The van der Waals surface area contributed by atoms with Crippen LogP contribution in [0.3, 0.4) is 0 Å². The number of piperidine rings is 1. The molecule has 3 heterocycles. The van der Waals surface area contributed by atoms with Crippen LogP contribution in [0, 0.1) is 0 Å². The van der Waals surface area contributed by atoms with Gasteiger partial charge in [-0.25, -0.2) is 0 Å². The van der Waals surface area contributed by atoms with Gasteiger partial charge in [0.2, 0.25) is 0 Å². The average molecular weight is 297 g/mol. The quantitative estimate of drug-likeness (QED) is 0.795. The molecule has 6 heteroatoms. The van der Waals surface area contributed by atoms with Crippen molar-refractivity contribution in [2.75, 3.05) is 0 Å². The summed E-state index contributed by atoms with van der Waals surface area (Å²) in [5.74, 6) is 0.596. The van der Waals surface area contributed by atoms with Gasteiger partial charge in [-0.05, 0) is 44.6 Å². The summed E-state index contributed by atoms with van der Waals surface area (Å²) in [4.78, 5) is 12.2. The lowest BCUT2D eigenvalue weighted by molar-refractivity contribution is 0.0919. The molecule has 4 rings (SSSR count). The van der Waals surface area contributed by atoms with Gasteiger partial charge in [0.05, 0.1) is 0 Å². The lowest BCUT2D eigenvalue weighted by Crippen LogP contribution is -2.48. The van der Waals surface area contributed by atoms with Crippen molar-refractivity contribution in [3.05, 3.63) is 17.5 Å². The van der Waals surface area contributed by atoms with Crippen molar-refractivity contribution in [3.8, 4) is 0 Å². The van der Waals surface area contributed by atoms with Gasteiger partial charge in [-0.15, -0.1) is 12.4 Å². The predicted octanol–water partition coefficient (Wildman–Crippen LogP) is 1.72. The smallest absolute Gasteiger partial charge is 0.271 e. The number of aromatic amines is 1. The first kappa shape index (κ1) is 13.9. The summed E-state index contributed by atoms with van der Waals surface area (Å²) in [6, 6.07) is 3.44. The van der Waals surface area contributed by atoms with E-state index in [1.807, 2.05) is 6.07 Å². The molecule has 3 aliphatic rings. The SMILES string of the molecule is Cl.O=C(NC1CC2CCC(C1)N2)c1cc(C2CC2)[nH]n1. The zero-order valence-electron chi connectivity index (χ0n) is 11.4. The van der Waals surface area contributed by atoms with E-state index in [9.17, 15) is 4.79 Å². The first-order valence-electron chi connectivity index (χ1n) is 7.40. The van der Waals surface area contributed by atoms with Crippen LogP contribution >= 0.6 is 12.4 Å². The monoisotopic (exact) mass is 296 g/mol. The normalized spacial score (nSPS) is 31.7. The molecule has 5 nitrogen and oxygen atoms in total. The van der Waals surface area contributed by atoms with Crippen LogP contribution in [0.25, 0.3) is 0 Å². The topological polar surface area (TPSA) is 69.8 Å². The summed E-state index contributed by atoms with van der Waals surface area (Å²) < 4.78 is 0. The number of H-pyrrole nitrogens is 1. The number of hydrogen-bond donors (Lipinski definition) is 3. The van der Waals surface area contributed by atoms with Gasteiger partial charge in [-0.2, -0.15) is 5.10 Å². The van der Waals surface area contributed by atoms with Crippen LogP contribution in [-0.4, -0.2) is 34.2 Å². The Morgan fingerprint density at radius 1 is 1.20 bits per heavy atom. The number of nitrogens with zero attached hydrogens (tertiary/aromatic N) is 1. The highest BCUT2D eigenvalue weighted by Gasteiger charge is 2.34. The number of fused-ring (bicyclic) bond motifs is 2. The summed E-state index contributed by atoms with van der Waals surface area (Å²) in [6.07, 6.45) is 7.07. The molecule has 2 atom stereocenters. The molecule has 2 unspecified atom stereocenters. The predicted molar refractivity (Wildman–Crippen MR) is 78.2 cm³/mol. The van der Waals surface area contributed by atoms with Gasteiger partial charge in [0.1, 0.15) is 5.69 Å². The van der Waals surface area contributed by atoms with Gasteiger partial charge in [0.15, 0.2) is 0 Å². The van der Waals surface area contributed by atoms with Crippen molar-refractivity contribution in [1.82, 2.24) is 20.8 Å². The Bertz CT molecular complexity index is 487. The number of hydrogen-bond acceptors (Lipinski definition) is 3. The van der Waals surface area contributed by atoms with Crippen molar-refractivity contribution in [2.24, 2.45) is 0 Å². The lowest BCUT2D eigenvalue weighted by Gasteiger charge is -2.29. The van der Waals surface area contributed by atoms with Gasteiger partial charge in [-0.3, -0.25) is 9.89 Å². The molecule has 3 N–H and O–H groups in total. The Kier molecular flexibility index (Phi) is 3.73. The molecular formula is C14H21ClN4O. The summed E-state index contributed by atoms with van der Waals surface area (Å²) >= 11 is 0. The minimum atomic E-state index is -0.0190. The second-order valence-electron chi connectivity index (χ2n) is 6.26. The van der Waals surface area contributed by atoms with Crippen molar-refractivity contribution in [2.45, 2.75) is 62.6 Å². The molecule has 1 saturated carbocycles. The van der Waals surface area contributed by atoms with Crippen LogP contribution in [0.4, 0.5) is 0 Å². The van der Waals surface area contributed by atoms with Crippen LogP contribution in [0.1, 0.15) is 60.6 Å². The number of aromatic nitrogens is 2. The highest BCUT2D eigenvalue weighted by molar-refractivity contribution is 5.92. The summed E-state index contributed by atoms with van der Waals surface area (Å²) in [5.41, 5.74) is 1.67. The minimum absolute atomic E-state index is 0. The fraction of sp³-hybridized carbons (Fsp3) is 0.714. The highest BCUT2D eigenvalue weighted by atomic mass is 35.5. The first-order valence-corrected chi connectivity index (χ1v) is 7.40. The molecule has 2 saturated heterocycles. The van der Waals surface area contributed by atoms with Crippen LogP contribution < -0.4 is 10.6 Å². The maximum absolute atomic E-state index is 12.2. The standard InChI is InChI=1S/C14H20N4O.ClH/c19-14(13-7-12(17-18-13)8-1-2-8)16-11-5-9-3-4-10(6-11)15-9;/h7-11,15H,1-6H2,(H,16,19)(H,17,18);1H. The zero-order valence-corrected chi connectivity index (χ0v) is 12.2. The van der Waals surface area contributed by atoms with Crippen molar-refractivity contribution in [3.63, 3.8) is 0 Å². The molecule has 1 aromatic heterocycles. The fourth-order valence-corrected chi connectivity index (χ4v) is 3.49. The second-order valence-corrected chi connectivity index (χ2v) is 6.26. The maximum Gasteiger partial charge on any atom is 0.271 e.